The molecule has 0 saturated carbocycles. The Kier molecular flexibility index (Phi) is 6.23. The maximum atomic E-state index is 13.9. The molecule has 3 amide bonds. The molecule has 7 nitrogen and oxygen atoms in total. The fourth-order valence-corrected chi connectivity index (χ4v) is 7.74. The summed E-state index contributed by atoms with van der Waals surface area (Å²) in [5.41, 5.74) is 0. The Labute approximate surface area is 188 Å². The number of aliphatic hydroxyl groups is 1. The van der Waals surface area contributed by atoms with E-state index in [4.69, 9.17) is 0 Å². The molecule has 4 aliphatic heterocycles. The van der Waals surface area contributed by atoms with Crippen molar-refractivity contribution >= 4 is 29.5 Å². The van der Waals surface area contributed by atoms with Gasteiger partial charge in [0, 0.05) is 44.6 Å². The molecule has 31 heavy (non-hydrogen) atoms. The van der Waals surface area contributed by atoms with E-state index in [1.54, 1.807) is 28.6 Å². The summed E-state index contributed by atoms with van der Waals surface area (Å²) in [4.78, 5) is 46.2. The van der Waals surface area contributed by atoms with E-state index < -0.39 is 22.6 Å². The number of hydrogen-bond donors (Lipinski definition) is 1. The molecule has 2 unspecified atom stereocenters. The van der Waals surface area contributed by atoms with E-state index in [-0.39, 0.29) is 35.6 Å². The molecular formula is C23H33N3O4S. The Bertz CT molecular complexity index is 815. The van der Waals surface area contributed by atoms with E-state index in [9.17, 15) is 19.5 Å². The maximum absolute atomic E-state index is 13.9. The molecule has 1 spiro atoms. The Morgan fingerprint density at radius 1 is 1.19 bits per heavy atom. The highest BCUT2D eigenvalue weighted by Crippen LogP contribution is 2.61. The molecule has 2 saturated heterocycles. The number of nitrogens with zero attached hydrogens (tertiary/aromatic N) is 3. The molecule has 4 aliphatic rings. The monoisotopic (exact) mass is 447 g/mol. The smallest absolute Gasteiger partial charge is 0.247 e. The van der Waals surface area contributed by atoms with Crippen LogP contribution in [0, 0.1) is 11.8 Å². The Morgan fingerprint density at radius 2 is 1.97 bits per heavy atom. The van der Waals surface area contributed by atoms with Gasteiger partial charge in [-0.25, -0.2) is 0 Å². The van der Waals surface area contributed by atoms with E-state index >= 15 is 0 Å². The lowest BCUT2D eigenvalue weighted by molar-refractivity contribution is -0.144. The first-order chi connectivity index (χ1) is 14.9. The highest BCUT2D eigenvalue weighted by Gasteiger charge is 2.70. The maximum Gasteiger partial charge on any atom is 0.247 e. The van der Waals surface area contributed by atoms with Crippen molar-refractivity contribution in [1.82, 2.24) is 14.7 Å². The van der Waals surface area contributed by atoms with Crippen molar-refractivity contribution in [2.24, 2.45) is 11.8 Å². The third kappa shape index (κ3) is 3.42. The molecular weight excluding hydrogens is 414 g/mol. The van der Waals surface area contributed by atoms with Gasteiger partial charge in [-0.15, -0.1) is 11.8 Å². The van der Waals surface area contributed by atoms with Gasteiger partial charge in [0.05, 0.1) is 16.6 Å². The van der Waals surface area contributed by atoms with Crippen LogP contribution in [0.5, 0.6) is 0 Å². The van der Waals surface area contributed by atoms with Gasteiger partial charge in [0.1, 0.15) is 6.04 Å². The van der Waals surface area contributed by atoms with Gasteiger partial charge in [0.2, 0.25) is 17.7 Å². The first kappa shape index (κ1) is 22.4. The highest BCUT2D eigenvalue weighted by atomic mass is 32.2. The summed E-state index contributed by atoms with van der Waals surface area (Å²) in [5.74, 6) is -1.22. The summed E-state index contributed by atoms with van der Waals surface area (Å²) in [5, 5.41) is 9.30. The molecule has 4 heterocycles. The molecule has 0 bridgehead atoms. The lowest BCUT2D eigenvalue weighted by atomic mass is 9.78. The van der Waals surface area contributed by atoms with Crippen molar-refractivity contribution in [3.63, 3.8) is 0 Å². The molecule has 0 aromatic carbocycles. The predicted octanol–water partition coefficient (Wildman–Crippen LogP) is 1.28. The van der Waals surface area contributed by atoms with Crippen molar-refractivity contribution in [3.05, 3.63) is 24.3 Å². The average Bonchev–Trinajstić information content (AvgIpc) is 3.06. The number of amides is 3. The summed E-state index contributed by atoms with van der Waals surface area (Å²) in [6, 6.07) is -0.561. The van der Waals surface area contributed by atoms with Crippen LogP contribution in [-0.2, 0) is 14.4 Å². The standard InChI is InChI=1S/C23H33N3O4S/c1-4-8-15(2)25-12-6-10-23-18(17-16(31-23)9-5-11-24(3)20(17)28)21(29)26(13-7-14-27)19(23)22(25)30/h5-6,9-10,15-19,27H,4,7-8,11-14H2,1-3H3/t15?,16-,17+,18-,19?,23-/m0/s1. The lowest BCUT2D eigenvalue weighted by Gasteiger charge is -2.37. The second-order valence-electron chi connectivity index (χ2n) is 9.13. The van der Waals surface area contributed by atoms with Gasteiger partial charge in [-0.3, -0.25) is 14.4 Å². The van der Waals surface area contributed by atoms with Crippen LogP contribution in [0.3, 0.4) is 0 Å². The van der Waals surface area contributed by atoms with Crippen molar-refractivity contribution in [3.8, 4) is 0 Å². The Hall–Kier alpha value is -1.80. The summed E-state index contributed by atoms with van der Waals surface area (Å²) in [6.45, 7) is 5.51. The summed E-state index contributed by atoms with van der Waals surface area (Å²) in [6.07, 6.45) is 10.4. The third-order valence-corrected chi connectivity index (χ3v) is 8.93. The number of fused-ring (bicyclic) bond motifs is 2. The van der Waals surface area contributed by atoms with Gasteiger partial charge in [-0.05, 0) is 19.8 Å². The Balaban J connectivity index is 1.79. The number of likely N-dealkylation sites (N-methyl/N-ethyl adjacent to an activating group) is 1. The van der Waals surface area contributed by atoms with Crippen LogP contribution in [0.25, 0.3) is 0 Å². The number of hydrogen-bond acceptors (Lipinski definition) is 5. The second-order valence-corrected chi connectivity index (χ2v) is 10.6. The predicted molar refractivity (Wildman–Crippen MR) is 120 cm³/mol. The normalized spacial score (nSPS) is 35.7. The van der Waals surface area contributed by atoms with Gasteiger partial charge in [-0.2, -0.15) is 0 Å². The molecule has 0 aromatic rings. The van der Waals surface area contributed by atoms with Crippen molar-refractivity contribution in [2.45, 2.75) is 55.2 Å². The Morgan fingerprint density at radius 3 is 2.68 bits per heavy atom. The zero-order valence-electron chi connectivity index (χ0n) is 18.6. The average molecular weight is 448 g/mol. The van der Waals surface area contributed by atoms with E-state index in [1.807, 2.05) is 23.1 Å². The molecule has 170 valence electrons. The zero-order chi connectivity index (χ0) is 22.3. The minimum atomic E-state index is -0.752. The van der Waals surface area contributed by atoms with Crippen molar-refractivity contribution in [2.75, 3.05) is 33.3 Å². The van der Waals surface area contributed by atoms with Crippen LogP contribution < -0.4 is 0 Å². The number of carbonyl (C=O) groups excluding carboxylic acids is 3. The van der Waals surface area contributed by atoms with Crippen LogP contribution in [0.15, 0.2) is 24.3 Å². The van der Waals surface area contributed by atoms with Crippen molar-refractivity contribution in [1.29, 1.82) is 0 Å². The van der Waals surface area contributed by atoms with Crippen LogP contribution in [0.1, 0.15) is 33.1 Å². The zero-order valence-corrected chi connectivity index (χ0v) is 19.4. The van der Waals surface area contributed by atoms with Gasteiger partial charge >= 0.3 is 0 Å². The van der Waals surface area contributed by atoms with Crippen LogP contribution >= 0.6 is 11.8 Å². The number of aliphatic hydroxyl groups excluding tert-OH is 1. The number of thioether (sulfide) groups is 1. The van der Waals surface area contributed by atoms with Gasteiger partial charge in [0.15, 0.2) is 0 Å². The number of carbonyl (C=O) groups is 3. The summed E-state index contributed by atoms with van der Waals surface area (Å²) in [7, 11) is 1.77. The lowest BCUT2D eigenvalue weighted by Crippen LogP contribution is -2.55. The minimum Gasteiger partial charge on any atom is -0.396 e. The van der Waals surface area contributed by atoms with Crippen LogP contribution in [0.2, 0.25) is 0 Å². The molecule has 0 aromatic heterocycles. The third-order valence-electron chi connectivity index (χ3n) is 7.19. The largest absolute Gasteiger partial charge is 0.396 e. The van der Waals surface area contributed by atoms with E-state index in [1.165, 1.54) is 0 Å². The quantitative estimate of drug-likeness (QED) is 0.621. The first-order valence-electron chi connectivity index (χ1n) is 11.4. The summed E-state index contributed by atoms with van der Waals surface area (Å²) < 4.78 is -0.752. The molecule has 0 radical (unpaired) electrons. The first-order valence-corrected chi connectivity index (χ1v) is 12.2. The van der Waals surface area contributed by atoms with E-state index in [2.05, 4.69) is 19.9 Å². The van der Waals surface area contributed by atoms with Crippen LogP contribution in [-0.4, -0.2) is 92.9 Å². The highest BCUT2D eigenvalue weighted by molar-refractivity contribution is 8.02. The van der Waals surface area contributed by atoms with Crippen molar-refractivity contribution < 1.29 is 19.5 Å². The topological polar surface area (TPSA) is 81.2 Å². The van der Waals surface area contributed by atoms with E-state index in [0.29, 0.717) is 26.1 Å². The molecule has 8 heteroatoms. The summed E-state index contributed by atoms with van der Waals surface area (Å²) >= 11 is 1.61. The molecule has 2 fully saturated rings. The van der Waals surface area contributed by atoms with Gasteiger partial charge in [-0.1, -0.05) is 37.6 Å². The molecule has 1 N–H and O–H groups in total. The molecule has 0 aliphatic carbocycles. The SMILES string of the molecule is CCCC(C)N1CC=C[C@]23S[C@H]4C=CCN(C)C(=O)[C@H]4[C@H]2C(=O)N(CCCO)C3C1=O. The fourth-order valence-electron chi connectivity index (χ4n) is 5.73. The van der Waals surface area contributed by atoms with E-state index in [0.717, 1.165) is 12.8 Å². The molecule has 6 atom stereocenters. The van der Waals surface area contributed by atoms with Gasteiger partial charge in [0.25, 0.3) is 0 Å². The fraction of sp³-hybridized carbons (Fsp3) is 0.696. The minimum absolute atomic E-state index is 0.0261. The number of rotatable bonds is 6. The second kappa shape index (κ2) is 8.62. The number of likely N-dealkylation sites (tertiary alicyclic amines) is 1. The van der Waals surface area contributed by atoms with Gasteiger partial charge < -0.3 is 19.8 Å². The van der Waals surface area contributed by atoms with Crippen LogP contribution in [0.4, 0.5) is 0 Å². The molecule has 4 rings (SSSR count).